The van der Waals surface area contributed by atoms with Gasteiger partial charge in [0, 0.05) is 44.7 Å². The van der Waals surface area contributed by atoms with E-state index in [1.807, 2.05) is 48.8 Å². The Labute approximate surface area is 175 Å². The molecule has 0 unspecified atom stereocenters. The highest BCUT2D eigenvalue weighted by molar-refractivity contribution is 14.0. The molecule has 0 radical (unpaired) electrons. The number of halogens is 2. The SMILES string of the molecule is CCNC(=NCc1cccc([N+](=O)[O-])c1)N(C)Cc1cc(Cl)cn1C.I. The molecule has 0 aliphatic rings. The van der Waals surface area contributed by atoms with Gasteiger partial charge >= 0.3 is 0 Å². The number of non-ortho nitro benzene ring substituents is 1. The van der Waals surface area contributed by atoms with Crippen LogP contribution >= 0.6 is 35.6 Å². The number of rotatable bonds is 6. The van der Waals surface area contributed by atoms with Crippen molar-refractivity contribution in [3.8, 4) is 0 Å². The number of guanidine groups is 1. The first-order valence-electron chi connectivity index (χ1n) is 7.94. The number of aromatic nitrogens is 1. The van der Waals surface area contributed by atoms with Crippen molar-refractivity contribution in [2.45, 2.75) is 20.0 Å². The van der Waals surface area contributed by atoms with E-state index in [0.717, 1.165) is 23.8 Å². The molecule has 0 fully saturated rings. The molecule has 7 nitrogen and oxygen atoms in total. The van der Waals surface area contributed by atoms with Crippen molar-refractivity contribution in [2.24, 2.45) is 12.0 Å². The molecular formula is C17H23ClIN5O2. The van der Waals surface area contributed by atoms with Crippen LogP contribution < -0.4 is 5.32 Å². The molecule has 9 heteroatoms. The molecule has 1 N–H and O–H groups in total. The molecule has 0 bridgehead atoms. The number of hydrogen-bond acceptors (Lipinski definition) is 3. The quantitative estimate of drug-likeness (QED) is 0.219. The zero-order valence-corrected chi connectivity index (χ0v) is 18.1. The highest BCUT2D eigenvalue weighted by Crippen LogP contribution is 2.15. The van der Waals surface area contributed by atoms with E-state index in [-0.39, 0.29) is 29.7 Å². The maximum Gasteiger partial charge on any atom is 0.269 e. The summed E-state index contributed by atoms with van der Waals surface area (Å²) in [4.78, 5) is 17.1. The van der Waals surface area contributed by atoms with Gasteiger partial charge < -0.3 is 14.8 Å². The van der Waals surface area contributed by atoms with Gasteiger partial charge in [0.1, 0.15) is 0 Å². The van der Waals surface area contributed by atoms with Gasteiger partial charge in [-0.25, -0.2) is 4.99 Å². The molecule has 0 spiro atoms. The Morgan fingerprint density at radius 1 is 1.42 bits per heavy atom. The molecule has 1 heterocycles. The molecule has 1 aromatic carbocycles. The Bertz CT molecular complexity index is 778. The normalized spacial score (nSPS) is 11.0. The van der Waals surface area contributed by atoms with E-state index in [1.54, 1.807) is 12.1 Å². The molecular weight excluding hydrogens is 469 g/mol. The smallest absolute Gasteiger partial charge is 0.269 e. The minimum atomic E-state index is -0.399. The van der Waals surface area contributed by atoms with Crippen molar-refractivity contribution in [2.75, 3.05) is 13.6 Å². The topological polar surface area (TPSA) is 75.7 Å². The van der Waals surface area contributed by atoms with Crippen LogP contribution in [-0.4, -0.2) is 33.9 Å². The first-order valence-corrected chi connectivity index (χ1v) is 8.32. The standard InChI is InChI=1S/C17H22ClN5O2.HI/c1-4-19-17(22(3)12-16-9-14(18)11-21(16)2)20-10-13-6-5-7-15(8-13)23(24)25;/h5-9,11H,4,10,12H2,1-3H3,(H,19,20);1H. The Kier molecular flexibility index (Phi) is 8.86. The summed E-state index contributed by atoms with van der Waals surface area (Å²) in [5, 5.41) is 14.8. The largest absolute Gasteiger partial charge is 0.357 e. The minimum Gasteiger partial charge on any atom is -0.357 e. The maximum atomic E-state index is 10.9. The average molecular weight is 492 g/mol. The van der Waals surface area contributed by atoms with Gasteiger partial charge in [-0.05, 0) is 18.6 Å². The molecule has 0 aliphatic heterocycles. The summed E-state index contributed by atoms with van der Waals surface area (Å²) in [6.07, 6.45) is 1.86. The molecule has 0 aliphatic carbocycles. The second-order valence-electron chi connectivity index (χ2n) is 5.71. The number of hydrogen-bond donors (Lipinski definition) is 1. The zero-order valence-electron chi connectivity index (χ0n) is 15.0. The average Bonchev–Trinajstić information content (AvgIpc) is 2.88. The lowest BCUT2D eigenvalue weighted by molar-refractivity contribution is -0.384. The van der Waals surface area contributed by atoms with Crippen LogP contribution in [0, 0.1) is 10.1 Å². The summed E-state index contributed by atoms with van der Waals surface area (Å²) in [6, 6.07) is 8.44. The van der Waals surface area contributed by atoms with Crippen molar-refractivity contribution in [3.05, 3.63) is 62.9 Å². The fourth-order valence-electron chi connectivity index (χ4n) is 2.45. The lowest BCUT2D eigenvalue weighted by Gasteiger charge is -2.22. The van der Waals surface area contributed by atoms with Crippen molar-refractivity contribution in [1.29, 1.82) is 0 Å². The van der Waals surface area contributed by atoms with Crippen molar-refractivity contribution in [3.63, 3.8) is 0 Å². The van der Waals surface area contributed by atoms with Gasteiger partial charge in [-0.2, -0.15) is 0 Å². The van der Waals surface area contributed by atoms with Crippen LogP contribution in [0.1, 0.15) is 18.2 Å². The zero-order chi connectivity index (χ0) is 18.4. The van der Waals surface area contributed by atoms with Crippen LogP contribution in [-0.2, 0) is 20.1 Å². The third kappa shape index (κ3) is 6.17. The third-order valence-electron chi connectivity index (χ3n) is 3.70. The fourth-order valence-corrected chi connectivity index (χ4v) is 2.72. The highest BCUT2D eigenvalue weighted by Gasteiger charge is 2.10. The van der Waals surface area contributed by atoms with Gasteiger partial charge in [0.2, 0.25) is 0 Å². The molecule has 0 atom stereocenters. The fraction of sp³-hybridized carbons (Fsp3) is 0.353. The van der Waals surface area contributed by atoms with Crippen molar-refractivity contribution in [1.82, 2.24) is 14.8 Å². The van der Waals surface area contributed by atoms with E-state index in [2.05, 4.69) is 10.3 Å². The van der Waals surface area contributed by atoms with Crippen molar-refractivity contribution < 1.29 is 4.92 Å². The summed E-state index contributed by atoms with van der Waals surface area (Å²) in [5.41, 5.74) is 1.93. The van der Waals surface area contributed by atoms with Crippen LogP contribution in [0.3, 0.4) is 0 Å². The van der Waals surface area contributed by atoms with Gasteiger partial charge in [0.15, 0.2) is 5.96 Å². The number of nitrogens with zero attached hydrogens (tertiary/aromatic N) is 4. The number of benzene rings is 1. The van der Waals surface area contributed by atoms with E-state index in [4.69, 9.17) is 11.6 Å². The summed E-state index contributed by atoms with van der Waals surface area (Å²) in [6.45, 7) is 3.73. The highest BCUT2D eigenvalue weighted by atomic mass is 127. The van der Waals surface area contributed by atoms with Gasteiger partial charge in [-0.3, -0.25) is 10.1 Å². The van der Waals surface area contributed by atoms with Crippen molar-refractivity contribution >= 4 is 47.2 Å². The molecule has 0 amide bonds. The van der Waals surface area contributed by atoms with E-state index in [1.165, 1.54) is 6.07 Å². The predicted octanol–water partition coefficient (Wildman–Crippen LogP) is 3.80. The third-order valence-corrected chi connectivity index (χ3v) is 3.91. The van der Waals surface area contributed by atoms with Gasteiger partial charge in [-0.15, -0.1) is 24.0 Å². The number of aliphatic imine (C=N–C) groups is 1. The van der Waals surface area contributed by atoms with E-state index in [0.29, 0.717) is 18.1 Å². The molecule has 2 rings (SSSR count). The number of nitro benzene ring substituents is 1. The lowest BCUT2D eigenvalue weighted by atomic mass is 10.2. The minimum absolute atomic E-state index is 0. The number of aryl methyl sites for hydroxylation is 1. The molecule has 0 saturated carbocycles. The number of nitro groups is 1. The predicted molar refractivity (Wildman–Crippen MR) is 115 cm³/mol. The Morgan fingerprint density at radius 3 is 2.73 bits per heavy atom. The molecule has 2 aromatic rings. The monoisotopic (exact) mass is 491 g/mol. The van der Waals surface area contributed by atoms with Crippen LogP contribution in [0.25, 0.3) is 0 Å². The first kappa shape index (κ1) is 22.2. The van der Waals surface area contributed by atoms with E-state index in [9.17, 15) is 10.1 Å². The summed E-state index contributed by atoms with van der Waals surface area (Å²) < 4.78 is 1.98. The van der Waals surface area contributed by atoms with Gasteiger partial charge in [0.05, 0.1) is 23.0 Å². The van der Waals surface area contributed by atoms with Crippen LogP contribution in [0.2, 0.25) is 5.02 Å². The molecule has 142 valence electrons. The molecule has 0 saturated heterocycles. The summed E-state index contributed by atoms with van der Waals surface area (Å²) >= 11 is 6.03. The maximum absolute atomic E-state index is 10.9. The first-order chi connectivity index (χ1) is 11.9. The van der Waals surface area contributed by atoms with E-state index >= 15 is 0 Å². The Balaban J connectivity index is 0.00000338. The Morgan fingerprint density at radius 2 is 2.15 bits per heavy atom. The summed E-state index contributed by atoms with van der Waals surface area (Å²) in [5.74, 6) is 0.728. The second-order valence-corrected chi connectivity index (χ2v) is 6.15. The van der Waals surface area contributed by atoms with Crippen LogP contribution in [0.15, 0.2) is 41.5 Å². The molecule has 1 aromatic heterocycles. The van der Waals surface area contributed by atoms with Gasteiger partial charge in [0.25, 0.3) is 5.69 Å². The lowest BCUT2D eigenvalue weighted by Crippen LogP contribution is -2.38. The van der Waals surface area contributed by atoms with Gasteiger partial charge in [-0.1, -0.05) is 23.7 Å². The number of nitrogens with one attached hydrogen (secondary N) is 1. The van der Waals surface area contributed by atoms with Crippen LogP contribution in [0.5, 0.6) is 0 Å². The van der Waals surface area contributed by atoms with Crippen LogP contribution in [0.4, 0.5) is 5.69 Å². The summed E-state index contributed by atoms with van der Waals surface area (Å²) in [7, 11) is 3.89. The molecule has 26 heavy (non-hydrogen) atoms. The Hall–Kier alpha value is -1.81. The second kappa shape index (κ2) is 10.4. The van der Waals surface area contributed by atoms with E-state index < -0.39 is 4.92 Å².